The third-order valence-electron chi connectivity index (χ3n) is 3.60. The molecule has 0 unspecified atom stereocenters. The maximum absolute atomic E-state index is 12.1. The monoisotopic (exact) mass is 381 g/mol. The van der Waals surface area contributed by atoms with Crippen molar-refractivity contribution in [2.24, 2.45) is 0 Å². The molecule has 2 aromatic carbocycles. The average molecular weight is 382 g/mol. The number of aryl methyl sites for hydroxylation is 1. The van der Waals surface area contributed by atoms with Crippen molar-refractivity contribution in [3.05, 3.63) is 58.1 Å². The molecule has 0 saturated carbocycles. The van der Waals surface area contributed by atoms with E-state index in [4.69, 9.17) is 32.7 Å². The Morgan fingerprint density at radius 1 is 1.16 bits per heavy atom. The Morgan fingerprint density at radius 2 is 1.88 bits per heavy atom. The molecule has 1 amide bonds. The molecule has 0 saturated heterocycles. The van der Waals surface area contributed by atoms with Gasteiger partial charge in [-0.15, -0.1) is 0 Å². The third-order valence-corrected chi connectivity index (χ3v) is 4.19. The van der Waals surface area contributed by atoms with Crippen molar-refractivity contribution >= 4 is 29.1 Å². The number of hydrogen-bond donors (Lipinski definition) is 1. The van der Waals surface area contributed by atoms with E-state index in [2.05, 4.69) is 5.32 Å². The smallest absolute Gasteiger partial charge is 0.220 e. The molecule has 0 heterocycles. The van der Waals surface area contributed by atoms with Crippen LogP contribution in [0, 0.1) is 0 Å². The second-order valence-electron chi connectivity index (χ2n) is 5.67. The predicted molar refractivity (Wildman–Crippen MR) is 101 cm³/mol. The molecule has 0 radical (unpaired) electrons. The molecule has 0 spiro atoms. The maximum Gasteiger partial charge on any atom is 0.220 e. The van der Waals surface area contributed by atoms with Crippen molar-refractivity contribution in [3.8, 4) is 11.5 Å². The highest BCUT2D eigenvalue weighted by Gasteiger charge is 2.11. The Morgan fingerprint density at radius 3 is 2.56 bits per heavy atom. The van der Waals surface area contributed by atoms with Gasteiger partial charge in [-0.3, -0.25) is 4.79 Å². The van der Waals surface area contributed by atoms with E-state index in [0.29, 0.717) is 41.0 Å². The topological polar surface area (TPSA) is 47.6 Å². The van der Waals surface area contributed by atoms with Crippen LogP contribution in [0.4, 0.5) is 0 Å². The van der Waals surface area contributed by atoms with Gasteiger partial charge in [0, 0.05) is 16.5 Å². The van der Waals surface area contributed by atoms with Crippen LogP contribution >= 0.6 is 23.2 Å². The maximum atomic E-state index is 12.1. The van der Waals surface area contributed by atoms with Crippen molar-refractivity contribution < 1.29 is 14.3 Å². The van der Waals surface area contributed by atoms with E-state index < -0.39 is 0 Å². The van der Waals surface area contributed by atoms with Gasteiger partial charge in [0.2, 0.25) is 5.91 Å². The molecule has 0 aliphatic carbocycles. The number of halogens is 2. The Labute approximate surface area is 158 Å². The second kappa shape index (κ2) is 9.54. The molecule has 2 rings (SSSR count). The minimum absolute atomic E-state index is 0.0536. The van der Waals surface area contributed by atoms with Gasteiger partial charge in [-0.2, -0.15) is 0 Å². The van der Waals surface area contributed by atoms with Crippen LogP contribution in [0.5, 0.6) is 11.5 Å². The van der Waals surface area contributed by atoms with Gasteiger partial charge in [0.15, 0.2) is 11.5 Å². The van der Waals surface area contributed by atoms with E-state index in [-0.39, 0.29) is 11.9 Å². The van der Waals surface area contributed by atoms with E-state index in [9.17, 15) is 4.79 Å². The van der Waals surface area contributed by atoms with Crippen molar-refractivity contribution in [1.29, 1.82) is 0 Å². The largest absolute Gasteiger partial charge is 0.493 e. The molecule has 0 aliphatic heterocycles. The zero-order valence-electron chi connectivity index (χ0n) is 14.2. The lowest BCUT2D eigenvalue weighted by Gasteiger charge is -2.16. The first-order chi connectivity index (χ1) is 12.0. The van der Waals surface area contributed by atoms with Crippen LogP contribution in [0.3, 0.4) is 0 Å². The molecular weight excluding hydrogens is 361 g/mol. The van der Waals surface area contributed by atoms with E-state index in [1.165, 1.54) is 0 Å². The van der Waals surface area contributed by atoms with Gasteiger partial charge in [-0.05, 0) is 43.2 Å². The Hall–Kier alpha value is -1.91. The normalized spacial score (nSPS) is 11.7. The van der Waals surface area contributed by atoms with Crippen LogP contribution in [0.25, 0.3) is 0 Å². The summed E-state index contributed by atoms with van der Waals surface area (Å²) in [4.78, 5) is 12.1. The molecule has 0 aromatic heterocycles. The lowest BCUT2D eigenvalue weighted by Crippen LogP contribution is -2.36. The van der Waals surface area contributed by atoms with E-state index in [0.717, 1.165) is 5.56 Å². The van der Waals surface area contributed by atoms with Gasteiger partial charge in [-0.25, -0.2) is 0 Å². The Balaban J connectivity index is 1.78. The van der Waals surface area contributed by atoms with Gasteiger partial charge >= 0.3 is 0 Å². The minimum atomic E-state index is -0.127. The van der Waals surface area contributed by atoms with Gasteiger partial charge < -0.3 is 14.8 Å². The van der Waals surface area contributed by atoms with Crippen molar-refractivity contribution in [1.82, 2.24) is 5.32 Å². The molecule has 134 valence electrons. The molecule has 0 bridgehead atoms. The zero-order valence-corrected chi connectivity index (χ0v) is 15.7. The van der Waals surface area contributed by atoms with Crippen LogP contribution in [0.15, 0.2) is 42.5 Å². The Kier molecular flexibility index (Phi) is 7.41. The van der Waals surface area contributed by atoms with Gasteiger partial charge in [-0.1, -0.05) is 41.4 Å². The second-order valence-corrected chi connectivity index (χ2v) is 6.51. The number of amides is 1. The predicted octanol–water partition coefficient (Wildman–Crippen LogP) is 4.52. The lowest BCUT2D eigenvalue weighted by atomic mass is 10.1. The summed E-state index contributed by atoms with van der Waals surface area (Å²) in [5, 5.41) is 4.08. The number of carbonyl (C=O) groups excluding carboxylic acids is 1. The lowest BCUT2D eigenvalue weighted by molar-refractivity contribution is -0.121. The van der Waals surface area contributed by atoms with Crippen LogP contribution in [0.1, 0.15) is 18.9 Å². The van der Waals surface area contributed by atoms with Crippen LogP contribution in [0.2, 0.25) is 10.0 Å². The number of rotatable bonds is 8. The van der Waals surface area contributed by atoms with E-state index in [1.807, 2.05) is 37.3 Å². The molecule has 6 heteroatoms. The van der Waals surface area contributed by atoms with Gasteiger partial charge in [0.05, 0.1) is 13.2 Å². The minimum Gasteiger partial charge on any atom is -0.493 e. The summed E-state index contributed by atoms with van der Waals surface area (Å²) < 4.78 is 10.9. The number of benzene rings is 2. The summed E-state index contributed by atoms with van der Waals surface area (Å²) in [6, 6.07) is 12.6. The summed E-state index contributed by atoms with van der Waals surface area (Å²) in [5.74, 6) is 1.26. The van der Waals surface area contributed by atoms with Crippen molar-refractivity contribution in [2.45, 2.75) is 25.8 Å². The summed E-state index contributed by atoms with van der Waals surface area (Å²) in [6.07, 6.45) is 0.905. The molecule has 2 aromatic rings. The average Bonchev–Trinajstić information content (AvgIpc) is 2.59. The molecular formula is C19H21Cl2NO3. The highest BCUT2D eigenvalue weighted by Crippen LogP contribution is 2.25. The molecule has 1 atom stereocenters. The molecule has 0 aliphatic rings. The molecule has 1 N–H and O–H groups in total. The van der Waals surface area contributed by atoms with Gasteiger partial charge in [0.1, 0.15) is 6.61 Å². The van der Waals surface area contributed by atoms with Crippen molar-refractivity contribution in [3.63, 3.8) is 0 Å². The molecule has 0 fully saturated rings. The first-order valence-corrected chi connectivity index (χ1v) is 8.74. The quantitative estimate of drug-likeness (QED) is 0.730. The Bertz CT molecular complexity index is 722. The van der Waals surface area contributed by atoms with Crippen LogP contribution in [-0.2, 0) is 11.2 Å². The van der Waals surface area contributed by atoms with E-state index >= 15 is 0 Å². The fourth-order valence-electron chi connectivity index (χ4n) is 2.31. The van der Waals surface area contributed by atoms with Crippen LogP contribution in [-0.4, -0.2) is 25.7 Å². The fraction of sp³-hybridized carbons (Fsp3) is 0.316. The van der Waals surface area contributed by atoms with Crippen LogP contribution < -0.4 is 14.8 Å². The van der Waals surface area contributed by atoms with Gasteiger partial charge in [0.25, 0.3) is 0 Å². The molecule has 4 nitrogen and oxygen atoms in total. The fourth-order valence-corrected chi connectivity index (χ4v) is 2.82. The number of hydrogen-bond acceptors (Lipinski definition) is 3. The van der Waals surface area contributed by atoms with Crippen molar-refractivity contribution in [2.75, 3.05) is 13.7 Å². The number of para-hydroxylation sites is 2. The highest BCUT2D eigenvalue weighted by atomic mass is 35.5. The SMILES string of the molecule is COc1ccccc1OC[C@H](C)NC(=O)CCc1ccc(Cl)cc1Cl. The van der Waals surface area contributed by atoms with E-state index in [1.54, 1.807) is 19.2 Å². The highest BCUT2D eigenvalue weighted by molar-refractivity contribution is 6.35. The number of methoxy groups -OCH3 is 1. The number of nitrogens with one attached hydrogen (secondary N) is 1. The molecule has 25 heavy (non-hydrogen) atoms. The number of carbonyl (C=O) groups is 1. The standard InChI is InChI=1S/C19H21Cl2NO3/c1-13(12-25-18-6-4-3-5-17(18)24-2)22-19(23)10-8-14-7-9-15(20)11-16(14)21/h3-7,9,11,13H,8,10,12H2,1-2H3,(H,22,23)/t13-/m0/s1. The number of ether oxygens (including phenoxy) is 2. The summed E-state index contributed by atoms with van der Waals surface area (Å²) >= 11 is 12.0. The summed E-state index contributed by atoms with van der Waals surface area (Å²) in [6.45, 7) is 2.25. The summed E-state index contributed by atoms with van der Waals surface area (Å²) in [7, 11) is 1.59. The first kappa shape index (κ1) is 19.4. The third kappa shape index (κ3) is 6.15. The summed E-state index contributed by atoms with van der Waals surface area (Å²) in [5.41, 5.74) is 0.902. The first-order valence-electron chi connectivity index (χ1n) is 7.98. The zero-order chi connectivity index (χ0) is 18.2.